The standard InChI is InChI=1S/C17H16N.C7H7.C6H5.2ClH.H2N.Ti/c1-18(2)17-15-11-7-6-10-14(15)12-16(17)13-8-4-3-5-9-13;1-7-5-3-2-4-6-7;1-2-4-6-5-3-1;;;;/h3-12H,1-2H3;2-6H,1H2;1-5H;2*1H;1H2;/q3*-1;;;-1;+6/p-2. The van der Waals surface area contributed by atoms with E-state index < -0.39 is 17.0 Å². The third kappa shape index (κ3) is 10.7. The fourth-order valence-corrected chi connectivity index (χ4v) is 3.35. The molecule has 5 aromatic carbocycles. The number of nitrogens with two attached hydrogens (primary N) is 1. The van der Waals surface area contributed by atoms with E-state index in [1.54, 1.807) is 0 Å². The third-order valence-electron chi connectivity index (χ3n) is 4.75. The first kappa shape index (κ1) is 30.4. The molecule has 0 spiro atoms. The van der Waals surface area contributed by atoms with E-state index in [9.17, 15) is 0 Å². The summed E-state index contributed by atoms with van der Waals surface area (Å²) >= 11 is -0.556. The first-order valence-corrected chi connectivity index (χ1v) is 15.0. The molecule has 2 N–H and O–H groups in total. The quantitative estimate of drug-likeness (QED) is 0.163. The van der Waals surface area contributed by atoms with Crippen LogP contribution in [0.3, 0.4) is 0 Å². The molecule has 0 aromatic heterocycles. The predicted molar refractivity (Wildman–Crippen MR) is 152 cm³/mol. The van der Waals surface area contributed by atoms with Gasteiger partial charge in [-0.1, -0.05) is 65.5 Å². The summed E-state index contributed by atoms with van der Waals surface area (Å²) in [4.78, 5) is 2.20. The minimum atomic E-state index is -0.556. The van der Waals surface area contributed by atoms with Gasteiger partial charge in [0.05, 0.1) is 0 Å². The van der Waals surface area contributed by atoms with Crippen LogP contribution in [0.1, 0.15) is 5.56 Å². The molecule has 0 aliphatic rings. The minimum Gasteiger partial charge on any atom is -0.693 e. The van der Waals surface area contributed by atoms with Gasteiger partial charge in [0.2, 0.25) is 0 Å². The number of halogens is 2. The molecule has 2 nitrogen and oxygen atoms in total. The number of nitrogens with zero attached hydrogens (tertiary/aromatic N) is 1. The average Bonchev–Trinajstić information content (AvgIpc) is 3.28. The van der Waals surface area contributed by atoms with Crippen LogP contribution >= 0.6 is 18.6 Å². The second-order valence-electron chi connectivity index (χ2n) is 7.39. The average molecular weight is 537 g/mol. The molecular formula is C30H30Cl2N2Ti. The van der Waals surface area contributed by atoms with Crippen molar-refractivity contribution in [3.8, 4) is 11.1 Å². The first-order valence-electron chi connectivity index (χ1n) is 10.7. The van der Waals surface area contributed by atoms with Crippen LogP contribution in [-0.4, -0.2) is 14.1 Å². The fourth-order valence-electron chi connectivity index (χ4n) is 3.35. The van der Waals surface area contributed by atoms with Crippen molar-refractivity contribution in [2.24, 2.45) is 0 Å². The largest absolute Gasteiger partial charge is 0.693 e. The molecule has 0 unspecified atom stereocenters. The van der Waals surface area contributed by atoms with E-state index in [-0.39, 0.29) is 6.15 Å². The van der Waals surface area contributed by atoms with Crippen molar-refractivity contribution in [1.29, 1.82) is 0 Å². The minimum absolute atomic E-state index is 0. The Bertz CT molecular complexity index is 1150. The Hall–Kier alpha value is -2.59. The Morgan fingerprint density at radius 1 is 0.743 bits per heavy atom. The van der Waals surface area contributed by atoms with Gasteiger partial charge in [0.1, 0.15) is 0 Å². The van der Waals surface area contributed by atoms with Crippen LogP contribution in [0.5, 0.6) is 0 Å². The molecule has 0 amide bonds. The molecule has 5 rings (SSSR count). The van der Waals surface area contributed by atoms with E-state index in [2.05, 4.69) is 92.6 Å². The van der Waals surface area contributed by atoms with Gasteiger partial charge in [-0.15, -0.1) is 35.2 Å². The molecule has 0 aliphatic heterocycles. The maximum absolute atomic E-state index is 4.89. The van der Waals surface area contributed by atoms with Gasteiger partial charge in [-0.2, -0.15) is 61.0 Å². The summed E-state index contributed by atoms with van der Waals surface area (Å²) < 4.78 is 0. The molecule has 0 bridgehead atoms. The summed E-state index contributed by atoms with van der Waals surface area (Å²) in [5.41, 5.74) is 4.96. The van der Waals surface area contributed by atoms with Gasteiger partial charge in [-0.25, -0.2) is 0 Å². The normalized spacial score (nSPS) is 9.26. The Labute approximate surface area is 227 Å². The summed E-state index contributed by atoms with van der Waals surface area (Å²) in [6.45, 7) is 3.72. The molecule has 5 aromatic rings. The number of rotatable bonds is 2. The Morgan fingerprint density at radius 2 is 1.23 bits per heavy atom. The van der Waals surface area contributed by atoms with E-state index in [0.717, 1.165) is 5.56 Å². The fraction of sp³-hybridized carbons (Fsp3) is 0.0667. The molecule has 35 heavy (non-hydrogen) atoms. The Balaban J connectivity index is 0.000000297. The van der Waals surface area contributed by atoms with E-state index in [1.807, 2.05) is 60.7 Å². The summed E-state index contributed by atoms with van der Waals surface area (Å²) in [7, 11) is 14.0. The SMILES string of the molecule is CN(C)c1c(-c2ccccc2)[cH-]c2ccccc12.[CH2-]c1ccccc1.[Cl][Ti+4][Cl].[NH2-].[c-]1ccccc1. The van der Waals surface area contributed by atoms with Crippen molar-refractivity contribution in [2.45, 2.75) is 0 Å². The molecule has 0 heterocycles. The van der Waals surface area contributed by atoms with Gasteiger partial charge in [0, 0.05) is 0 Å². The van der Waals surface area contributed by atoms with E-state index in [0.29, 0.717) is 0 Å². The van der Waals surface area contributed by atoms with Gasteiger partial charge >= 0.3 is 35.6 Å². The zero-order valence-corrected chi connectivity index (χ0v) is 23.1. The molecule has 0 radical (unpaired) electrons. The predicted octanol–water partition coefficient (Wildman–Crippen LogP) is 9.74. The molecule has 0 saturated heterocycles. The molecule has 0 aliphatic carbocycles. The monoisotopic (exact) mass is 536 g/mol. The molecule has 5 heteroatoms. The van der Waals surface area contributed by atoms with Crippen molar-refractivity contribution in [3.05, 3.63) is 146 Å². The molecular weight excluding hydrogens is 507 g/mol. The van der Waals surface area contributed by atoms with Crippen molar-refractivity contribution in [3.63, 3.8) is 0 Å². The van der Waals surface area contributed by atoms with Crippen LogP contribution in [0.15, 0.2) is 121 Å². The number of anilines is 1. The van der Waals surface area contributed by atoms with Crippen LogP contribution in [0, 0.1) is 13.0 Å². The van der Waals surface area contributed by atoms with Crippen LogP contribution in [0.4, 0.5) is 5.69 Å². The summed E-state index contributed by atoms with van der Waals surface area (Å²) in [6, 6.07) is 43.8. The van der Waals surface area contributed by atoms with Crippen molar-refractivity contribution in [2.75, 3.05) is 19.0 Å². The Kier molecular flexibility index (Phi) is 15.5. The second kappa shape index (κ2) is 17.8. The molecule has 0 saturated carbocycles. The topological polar surface area (TPSA) is 36.7 Å². The smallest absolute Gasteiger partial charge is 0.171 e. The van der Waals surface area contributed by atoms with E-state index >= 15 is 0 Å². The van der Waals surface area contributed by atoms with E-state index in [1.165, 1.54) is 27.6 Å². The maximum atomic E-state index is 4.89. The van der Waals surface area contributed by atoms with Gasteiger partial charge in [-0.05, 0) is 19.8 Å². The molecule has 178 valence electrons. The summed E-state index contributed by atoms with van der Waals surface area (Å²) in [6.07, 6.45) is 0. The first-order chi connectivity index (χ1) is 16.6. The third-order valence-corrected chi connectivity index (χ3v) is 4.75. The van der Waals surface area contributed by atoms with Gasteiger partial charge in [0.15, 0.2) is 0 Å². The van der Waals surface area contributed by atoms with E-state index in [4.69, 9.17) is 18.6 Å². The van der Waals surface area contributed by atoms with Crippen LogP contribution < -0.4 is 4.90 Å². The zero-order valence-electron chi connectivity index (χ0n) is 20.0. The van der Waals surface area contributed by atoms with Crippen molar-refractivity contribution >= 4 is 35.1 Å². The van der Waals surface area contributed by atoms with Crippen molar-refractivity contribution in [1.82, 2.24) is 0 Å². The second-order valence-corrected chi connectivity index (χ2v) is 9.97. The number of fused-ring (bicyclic) bond motifs is 1. The van der Waals surface area contributed by atoms with Gasteiger partial charge in [-0.3, -0.25) is 0 Å². The number of hydrogen-bond donors (Lipinski definition) is 0. The number of benzene rings is 4. The zero-order chi connectivity index (χ0) is 24.6. The van der Waals surface area contributed by atoms with Crippen LogP contribution in [-0.2, 0) is 17.0 Å². The van der Waals surface area contributed by atoms with Crippen molar-refractivity contribution < 1.29 is 17.0 Å². The van der Waals surface area contributed by atoms with Crippen LogP contribution in [0.2, 0.25) is 0 Å². The Morgan fingerprint density at radius 3 is 1.66 bits per heavy atom. The van der Waals surface area contributed by atoms with Crippen LogP contribution in [0.25, 0.3) is 28.0 Å². The maximum Gasteiger partial charge on any atom is -0.171 e. The molecule has 0 atom stereocenters. The molecule has 0 fully saturated rings. The summed E-state index contributed by atoms with van der Waals surface area (Å²) in [5.74, 6) is 0. The van der Waals surface area contributed by atoms with Gasteiger partial charge < -0.3 is 11.1 Å². The number of hydrogen-bond acceptors (Lipinski definition) is 1. The van der Waals surface area contributed by atoms with Gasteiger partial charge in [0.25, 0.3) is 0 Å². The summed E-state index contributed by atoms with van der Waals surface area (Å²) in [5, 5.41) is 2.63.